The molecule has 29 heavy (non-hydrogen) atoms. The molecule has 0 aromatic heterocycles. The van der Waals surface area contributed by atoms with Crippen molar-refractivity contribution >= 4 is 26.7 Å². The maximum atomic E-state index is 5.42. The van der Waals surface area contributed by atoms with Gasteiger partial charge in [-0.15, -0.1) is 0 Å². The van der Waals surface area contributed by atoms with Crippen LogP contribution in [-0.2, 0) is 44.3 Å². The normalized spacial score (nSPS) is 12.6. The minimum atomic E-state index is -2.80. The Morgan fingerprint density at radius 3 is 0.759 bits per heavy atom. The van der Waals surface area contributed by atoms with Crippen molar-refractivity contribution in [2.24, 2.45) is 0 Å². The Hall–Kier alpha value is 0.251. The number of hydrogen-bond acceptors (Lipinski definition) is 10. The topological polar surface area (TPSA) is 92.3 Å². The Labute approximate surface area is 180 Å². The van der Waals surface area contributed by atoms with Gasteiger partial charge >= 0.3 is 26.7 Å². The van der Waals surface area contributed by atoms with E-state index < -0.39 is 26.7 Å². The van der Waals surface area contributed by atoms with E-state index in [-0.39, 0.29) is 0 Å². The second kappa shape index (κ2) is 17.9. The third-order valence-electron chi connectivity index (χ3n) is 3.89. The van der Waals surface area contributed by atoms with Gasteiger partial charge in [0.15, 0.2) is 0 Å². The first kappa shape index (κ1) is 31.4. The predicted molar refractivity (Wildman–Crippen MR) is 115 cm³/mol. The highest BCUT2D eigenvalue weighted by molar-refractivity contribution is 6.66. The van der Waals surface area contributed by atoms with Crippen LogP contribution in [0.15, 0.2) is 0 Å². The van der Waals surface area contributed by atoms with Crippen LogP contribution in [0.1, 0.15) is 27.7 Å². The van der Waals surface area contributed by atoms with Gasteiger partial charge in [-0.25, -0.2) is 0 Å². The maximum Gasteiger partial charge on any atom is 0.679 e. The van der Waals surface area contributed by atoms with Gasteiger partial charge in [0.05, 0.1) is 0 Å². The first-order valence-electron chi connectivity index (χ1n) is 9.68. The van der Waals surface area contributed by atoms with Crippen LogP contribution in [0.5, 0.6) is 0 Å². The lowest BCUT2D eigenvalue weighted by Crippen LogP contribution is -2.49. The van der Waals surface area contributed by atoms with Gasteiger partial charge in [-0.2, -0.15) is 0 Å². The molecule has 0 amide bonds. The minimum Gasteiger partial charge on any atom is -0.377 e. The first-order valence-corrected chi connectivity index (χ1v) is 15.2. The molecule has 0 rings (SSSR count). The van der Waals surface area contributed by atoms with Crippen molar-refractivity contribution in [3.05, 3.63) is 0 Å². The zero-order chi connectivity index (χ0) is 22.8. The van der Waals surface area contributed by atoms with Crippen molar-refractivity contribution < 1.29 is 44.3 Å². The van der Waals surface area contributed by atoms with E-state index in [4.69, 9.17) is 44.3 Å². The lowest BCUT2D eigenvalue weighted by Gasteiger charge is -2.29. The van der Waals surface area contributed by atoms with Crippen LogP contribution in [0, 0.1) is 0 Å². The fourth-order valence-electron chi connectivity index (χ4n) is 2.38. The van der Waals surface area contributed by atoms with E-state index >= 15 is 0 Å². The highest BCUT2D eigenvalue weighted by Crippen LogP contribution is 2.23. The molecule has 0 aromatic rings. The van der Waals surface area contributed by atoms with E-state index in [0.29, 0.717) is 38.5 Å². The molecule has 0 aliphatic heterocycles. The van der Waals surface area contributed by atoms with Gasteiger partial charge in [0.1, 0.15) is 0 Å². The Morgan fingerprint density at radius 1 is 0.414 bits per heavy atom. The standard InChI is InChI=1S/C8H22O6Si2.C8H20O4Si/c1-9-15(10-2,11-3)7-8-16(12-4,13-5)14-6;1-5-9-13(10-6-2,11-7-3)12-8-4/h7-8H2,1-6H3;5-8H2,1-4H3. The Kier molecular flexibility index (Phi) is 19.4. The molecule has 10 nitrogen and oxygen atoms in total. The monoisotopic (exact) mass is 478 g/mol. The Balaban J connectivity index is 0. The summed E-state index contributed by atoms with van der Waals surface area (Å²) in [7, 11) is 1.51. The summed E-state index contributed by atoms with van der Waals surface area (Å²) in [4.78, 5) is 0. The highest BCUT2D eigenvalue weighted by Gasteiger charge is 2.46. The summed E-state index contributed by atoms with van der Waals surface area (Å²) < 4.78 is 53.6. The lowest BCUT2D eigenvalue weighted by atomic mass is 10.9. The fraction of sp³-hybridized carbons (Fsp3) is 1.00. The minimum absolute atomic E-state index is 0.548. The molecule has 0 aromatic carbocycles. The molecule has 178 valence electrons. The van der Waals surface area contributed by atoms with Gasteiger partial charge in [-0.3, -0.25) is 0 Å². The molecule has 0 atom stereocenters. The third-order valence-corrected chi connectivity index (χ3v) is 12.4. The summed E-state index contributed by atoms with van der Waals surface area (Å²) in [5, 5.41) is 0. The zero-order valence-electron chi connectivity index (χ0n) is 19.8. The van der Waals surface area contributed by atoms with Gasteiger partial charge < -0.3 is 44.3 Å². The van der Waals surface area contributed by atoms with Crippen LogP contribution in [0.25, 0.3) is 0 Å². The molecule has 0 fully saturated rings. The molecule has 0 unspecified atom stereocenters. The first-order chi connectivity index (χ1) is 13.8. The maximum absolute atomic E-state index is 5.42. The molecule has 0 radical (unpaired) electrons. The second-order valence-electron chi connectivity index (χ2n) is 5.32. The van der Waals surface area contributed by atoms with Crippen molar-refractivity contribution in [2.45, 2.75) is 39.8 Å². The smallest absolute Gasteiger partial charge is 0.377 e. The van der Waals surface area contributed by atoms with Crippen LogP contribution in [-0.4, -0.2) is 95.7 Å². The van der Waals surface area contributed by atoms with Gasteiger partial charge in [-0.1, -0.05) is 0 Å². The van der Waals surface area contributed by atoms with Crippen LogP contribution in [0.4, 0.5) is 0 Å². The summed E-state index contributed by atoms with van der Waals surface area (Å²) in [6.07, 6.45) is 0. The molecule has 0 bridgehead atoms. The molecule has 0 saturated heterocycles. The Morgan fingerprint density at radius 2 is 0.621 bits per heavy atom. The molecule has 0 saturated carbocycles. The van der Waals surface area contributed by atoms with Gasteiger partial charge in [0.2, 0.25) is 0 Å². The summed E-state index contributed by atoms with van der Waals surface area (Å²) in [6, 6.07) is 1.19. The van der Waals surface area contributed by atoms with Crippen molar-refractivity contribution in [1.29, 1.82) is 0 Å². The fourth-order valence-corrected chi connectivity index (χ4v) is 8.96. The third kappa shape index (κ3) is 11.4. The Bertz CT molecular complexity index is 305. The van der Waals surface area contributed by atoms with E-state index in [1.54, 1.807) is 42.7 Å². The average Bonchev–Trinajstić information content (AvgIpc) is 2.74. The number of hydrogen-bond donors (Lipinski definition) is 0. The van der Waals surface area contributed by atoms with E-state index in [9.17, 15) is 0 Å². The summed E-state index contributed by atoms with van der Waals surface area (Å²) in [5.74, 6) is 0. The van der Waals surface area contributed by atoms with E-state index in [1.807, 2.05) is 27.7 Å². The molecule has 0 spiro atoms. The number of rotatable bonds is 17. The summed E-state index contributed by atoms with van der Waals surface area (Å²) >= 11 is 0. The molecule has 0 N–H and O–H groups in total. The molecule has 0 aliphatic rings. The molecular weight excluding hydrogens is 436 g/mol. The van der Waals surface area contributed by atoms with Crippen molar-refractivity contribution in [3.63, 3.8) is 0 Å². The van der Waals surface area contributed by atoms with Crippen molar-refractivity contribution in [3.8, 4) is 0 Å². The largest absolute Gasteiger partial charge is 0.679 e. The zero-order valence-corrected chi connectivity index (χ0v) is 22.8. The van der Waals surface area contributed by atoms with E-state index in [2.05, 4.69) is 0 Å². The molecule has 0 heterocycles. The van der Waals surface area contributed by atoms with Gasteiger partial charge in [0.25, 0.3) is 0 Å². The van der Waals surface area contributed by atoms with Crippen LogP contribution in [0.3, 0.4) is 0 Å². The lowest BCUT2D eigenvalue weighted by molar-refractivity contribution is -0.0247. The highest BCUT2D eigenvalue weighted by atomic mass is 28.4. The van der Waals surface area contributed by atoms with Gasteiger partial charge in [0, 0.05) is 81.2 Å². The van der Waals surface area contributed by atoms with Crippen LogP contribution >= 0.6 is 0 Å². The van der Waals surface area contributed by atoms with Gasteiger partial charge in [-0.05, 0) is 27.7 Å². The molecule has 13 heteroatoms. The van der Waals surface area contributed by atoms with E-state index in [1.165, 1.54) is 0 Å². The molecule has 0 aliphatic carbocycles. The van der Waals surface area contributed by atoms with Crippen molar-refractivity contribution in [1.82, 2.24) is 0 Å². The van der Waals surface area contributed by atoms with Crippen LogP contribution < -0.4 is 0 Å². The molecular formula is C16H42O10Si3. The quantitative estimate of drug-likeness (QED) is 0.290. The SMILES string of the molecule is CCO[Si](OCC)(OCC)OCC.CO[Si](CC[Si](OC)(OC)OC)(OC)OC. The second-order valence-corrected chi connectivity index (χ2v) is 13.7. The summed E-state index contributed by atoms with van der Waals surface area (Å²) in [6.45, 7) is 9.80. The predicted octanol–water partition coefficient (Wildman–Crippen LogP) is 2.31. The average molecular weight is 479 g/mol. The summed E-state index contributed by atoms with van der Waals surface area (Å²) in [5.41, 5.74) is 0. The van der Waals surface area contributed by atoms with E-state index in [0.717, 1.165) is 0 Å². The van der Waals surface area contributed by atoms with Crippen LogP contribution in [0.2, 0.25) is 12.1 Å². The van der Waals surface area contributed by atoms with Crippen molar-refractivity contribution in [2.75, 3.05) is 69.1 Å².